The number of nitrogens with zero attached hydrogens (tertiary/aromatic N) is 7. The Morgan fingerprint density at radius 2 is 1.90 bits per heavy atom. The molecule has 3 heterocycles. The van der Waals surface area contributed by atoms with Gasteiger partial charge in [0.2, 0.25) is 5.95 Å². The normalized spacial score (nSPS) is 13.1. The van der Waals surface area contributed by atoms with E-state index in [4.69, 9.17) is 15.5 Å². The van der Waals surface area contributed by atoms with E-state index in [1.54, 1.807) is 47.5 Å². The second-order valence-corrected chi connectivity index (χ2v) is 9.84. The van der Waals surface area contributed by atoms with Gasteiger partial charge in [0.15, 0.2) is 5.82 Å². The molecule has 0 fully saturated rings. The van der Waals surface area contributed by atoms with Crippen LogP contribution in [-0.4, -0.2) is 58.4 Å². The van der Waals surface area contributed by atoms with Crippen molar-refractivity contribution in [2.45, 2.75) is 26.9 Å². The van der Waals surface area contributed by atoms with Gasteiger partial charge in [-0.2, -0.15) is 10.1 Å². The highest BCUT2D eigenvalue weighted by atomic mass is 16.5. The van der Waals surface area contributed by atoms with E-state index in [1.807, 2.05) is 57.0 Å². The van der Waals surface area contributed by atoms with Crippen LogP contribution in [0.4, 0.5) is 39.3 Å². The van der Waals surface area contributed by atoms with Gasteiger partial charge in [-0.3, -0.25) is 9.58 Å². The third-order valence-electron chi connectivity index (χ3n) is 6.62. The molecule has 0 radical (unpaired) electrons. The van der Waals surface area contributed by atoms with E-state index in [2.05, 4.69) is 20.3 Å². The Labute approximate surface area is 227 Å². The Hall–Kier alpha value is -4.64. The number of ether oxygens (including phenoxy) is 1. The van der Waals surface area contributed by atoms with Crippen LogP contribution in [0.3, 0.4) is 0 Å². The molecule has 0 saturated carbocycles. The van der Waals surface area contributed by atoms with Gasteiger partial charge in [0.25, 0.3) is 0 Å². The summed E-state index contributed by atoms with van der Waals surface area (Å²) in [4.78, 5) is 29.0. The molecule has 2 aromatic carbocycles. The Balaban J connectivity index is 1.56. The van der Waals surface area contributed by atoms with Crippen LogP contribution in [0.5, 0.6) is 5.75 Å². The maximum Gasteiger partial charge on any atom is 0.335 e. The number of carbonyl (C=O) groups excluding carboxylic acids is 1. The van der Waals surface area contributed by atoms with Crippen LogP contribution in [0.1, 0.15) is 16.7 Å². The van der Waals surface area contributed by atoms with Crippen LogP contribution in [0.2, 0.25) is 0 Å². The number of hydrogen-bond acceptors (Lipinski definition) is 8. The van der Waals surface area contributed by atoms with Crippen molar-refractivity contribution in [3.63, 3.8) is 0 Å². The van der Waals surface area contributed by atoms with Crippen molar-refractivity contribution in [1.29, 1.82) is 0 Å². The largest absolute Gasteiger partial charge is 0.494 e. The van der Waals surface area contributed by atoms with Crippen molar-refractivity contribution >= 4 is 40.5 Å². The van der Waals surface area contributed by atoms with Crippen molar-refractivity contribution in [1.82, 2.24) is 24.6 Å². The molecule has 2 aromatic heterocycles. The average Bonchev–Trinajstić information content (AvgIpc) is 3.35. The van der Waals surface area contributed by atoms with Crippen molar-refractivity contribution < 1.29 is 9.53 Å². The van der Waals surface area contributed by atoms with E-state index in [0.717, 1.165) is 41.2 Å². The Morgan fingerprint density at radius 1 is 1.13 bits per heavy atom. The highest BCUT2D eigenvalue weighted by molar-refractivity contribution is 6.11. The van der Waals surface area contributed by atoms with Gasteiger partial charge in [-0.25, -0.2) is 14.7 Å². The molecule has 5 rings (SSSR count). The Kier molecular flexibility index (Phi) is 7.07. The second-order valence-electron chi connectivity index (χ2n) is 9.84. The number of nitrogen functional groups attached to an aromatic ring is 1. The van der Waals surface area contributed by atoms with Crippen molar-refractivity contribution in [3.05, 3.63) is 71.7 Å². The average molecular weight is 528 g/mol. The van der Waals surface area contributed by atoms with Gasteiger partial charge < -0.3 is 20.7 Å². The fourth-order valence-electron chi connectivity index (χ4n) is 4.70. The van der Waals surface area contributed by atoms with Crippen LogP contribution in [0.15, 0.2) is 55.0 Å². The standard InChI is InChI=1S/C28H33N9O2/c1-18-7-6-8-19(2)25(18)36-16-20-14-30-27(32-22-15-31-35(17-22)12-11-34(3)4)33-26(20)37(28(36)38)23-10-9-21(29)13-24(23)39-5/h6-10,13-15,17H,11-12,16,29H2,1-5H3,(H,30,32,33). The summed E-state index contributed by atoms with van der Waals surface area (Å²) in [6.07, 6.45) is 5.39. The molecule has 0 bridgehead atoms. The minimum atomic E-state index is -0.246. The van der Waals surface area contributed by atoms with E-state index in [0.29, 0.717) is 35.4 Å². The van der Waals surface area contributed by atoms with Gasteiger partial charge >= 0.3 is 6.03 Å². The molecule has 2 amide bonds. The topological polar surface area (TPSA) is 118 Å². The number of aromatic nitrogens is 4. The molecule has 4 aromatic rings. The molecule has 11 nitrogen and oxygen atoms in total. The summed E-state index contributed by atoms with van der Waals surface area (Å²) in [5.74, 6) is 1.30. The Bertz CT molecular complexity index is 1490. The molecule has 0 spiro atoms. The molecule has 1 aliphatic rings. The lowest BCUT2D eigenvalue weighted by Gasteiger charge is -2.37. The van der Waals surface area contributed by atoms with Crippen LogP contribution >= 0.6 is 0 Å². The van der Waals surface area contributed by atoms with Crippen LogP contribution in [-0.2, 0) is 13.1 Å². The van der Waals surface area contributed by atoms with E-state index in [9.17, 15) is 4.79 Å². The lowest BCUT2D eigenvalue weighted by molar-refractivity contribution is 0.252. The summed E-state index contributed by atoms with van der Waals surface area (Å²) < 4.78 is 7.49. The number of benzene rings is 2. The molecule has 11 heteroatoms. The van der Waals surface area contributed by atoms with Gasteiger partial charge in [-0.15, -0.1) is 0 Å². The van der Waals surface area contributed by atoms with E-state index >= 15 is 0 Å². The van der Waals surface area contributed by atoms with Crippen molar-refractivity contribution in [2.75, 3.05) is 48.6 Å². The number of urea groups is 1. The smallest absolute Gasteiger partial charge is 0.335 e. The Morgan fingerprint density at radius 3 is 2.62 bits per heavy atom. The molecule has 0 aliphatic carbocycles. The fourth-order valence-corrected chi connectivity index (χ4v) is 4.70. The lowest BCUT2D eigenvalue weighted by Crippen LogP contribution is -2.46. The number of nitrogens with two attached hydrogens (primary N) is 1. The third kappa shape index (κ3) is 5.21. The first-order valence-corrected chi connectivity index (χ1v) is 12.7. The number of likely N-dealkylation sites (N-methyl/N-ethyl adjacent to an activating group) is 1. The van der Waals surface area contributed by atoms with Crippen molar-refractivity contribution in [3.8, 4) is 5.75 Å². The number of anilines is 6. The molecule has 0 atom stereocenters. The molecular formula is C28H33N9O2. The number of aryl methyl sites for hydroxylation is 2. The summed E-state index contributed by atoms with van der Waals surface area (Å²) in [7, 11) is 5.60. The van der Waals surface area contributed by atoms with Crippen molar-refractivity contribution in [2.24, 2.45) is 0 Å². The number of para-hydroxylation sites is 1. The summed E-state index contributed by atoms with van der Waals surface area (Å²) in [6.45, 7) is 5.96. The first-order valence-electron chi connectivity index (χ1n) is 12.7. The van der Waals surface area contributed by atoms with Gasteiger partial charge in [0.05, 0.1) is 43.5 Å². The zero-order chi connectivity index (χ0) is 27.7. The van der Waals surface area contributed by atoms with Gasteiger partial charge in [-0.1, -0.05) is 18.2 Å². The highest BCUT2D eigenvalue weighted by Gasteiger charge is 2.36. The zero-order valence-corrected chi connectivity index (χ0v) is 22.8. The molecular weight excluding hydrogens is 494 g/mol. The second kappa shape index (κ2) is 10.6. The lowest BCUT2D eigenvalue weighted by atomic mass is 10.1. The predicted molar refractivity (Wildman–Crippen MR) is 153 cm³/mol. The number of carbonyl (C=O) groups is 1. The van der Waals surface area contributed by atoms with Gasteiger partial charge in [0, 0.05) is 36.3 Å². The molecule has 202 valence electrons. The molecule has 39 heavy (non-hydrogen) atoms. The molecule has 3 N–H and O–H groups in total. The predicted octanol–water partition coefficient (Wildman–Crippen LogP) is 4.46. The number of nitrogens with one attached hydrogen (secondary N) is 1. The minimum absolute atomic E-state index is 0.246. The fraction of sp³-hybridized carbons (Fsp3) is 0.286. The van der Waals surface area contributed by atoms with E-state index in [1.165, 1.54) is 0 Å². The molecule has 0 saturated heterocycles. The number of fused-ring (bicyclic) bond motifs is 1. The first kappa shape index (κ1) is 26.0. The SMILES string of the molecule is COc1cc(N)ccc1N1C(=O)N(c2c(C)cccc2C)Cc2cnc(Nc3cnn(CCN(C)C)c3)nc21. The summed E-state index contributed by atoms with van der Waals surface area (Å²) in [6, 6.07) is 11.0. The van der Waals surface area contributed by atoms with E-state index < -0.39 is 0 Å². The summed E-state index contributed by atoms with van der Waals surface area (Å²) in [5.41, 5.74) is 11.5. The first-order chi connectivity index (χ1) is 18.7. The van der Waals surface area contributed by atoms with Gasteiger partial charge in [-0.05, 0) is 51.2 Å². The molecule has 1 aliphatic heterocycles. The van der Waals surface area contributed by atoms with Gasteiger partial charge in [0.1, 0.15) is 5.75 Å². The minimum Gasteiger partial charge on any atom is -0.494 e. The number of rotatable bonds is 8. The summed E-state index contributed by atoms with van der Waals surface area (Å²) >= 11 is 0. The highest BCUT2D eigenvalue weighted by Crippen LogP contribution is 2.42. The van der Waals surface area contributed by atoms with E-state index in [-0.39, 0.29) is 6.03 Å². The zero-order valence-electron chi connectivity index (χ0n) is 22.8. The number of hydrogen-bond donors (Lipinski definition) is 2. The maximum absolute atomic E-state index is 14.2. The number of amides is 2. The van der Waals surface area contributed by atoms with Crippen LogP contribution in [0, 0.1) is 13.8 Å². The monoisotopic (exact) mass is 527 g/mol. The van der Waals surface area contributed by atoms with Crippen LogP contribution < -0.4 is 25.6 Å². The van der Waals surface area contributed by atoms with Crippen LogP contribution in [0.25, 0.3) is 0 Å². The summed E-state index contributed by atoms with van der Waals surface area (Å²) in [5, 5.41) is 7.64. The third-order valence-corrected chi connectivity index (χ3v) is 6.62. The molecule has 0 unspecified atom stereocenters. The maximum atomic E-state index is 14.2. The number of methoxy groups -OCH3 is 1. The quantitative estimate of drug-likeness (QED) is 0.323.